The summed E-state index contributed by atoms with van der Waals surface area (Å²) in [6.45, 7) is 3.04. The zero-order chi connectivity index (χ0) is 14.8. The monoisotopic (exact) mass is 292 g/mol. The molecule has 2 aliphatic heterocycles. The predicted octanol–water partition coefficient (Wildman–Crippen LogP) is 3.73. The number of fused-ring (bicyclic) bond motifs is 2. The highest BCUT2D eigenvalue weighted by Gasteiger charge is 2.32. The van der Waals surface area contributed by atoms with Crippen LogP contribution in [0.25, 0.3) is 6.08 Å². The molecule has 1 unspecified atom stereocenters. The van der Waals surface area contributed by atoms with E-state index in [1.54, 1.807) is 6.20 Å². The van der Waals surface area contributed by atoms with Crippen molar-refractivity contribution in [2.45, 2.75) is 19.4 Å². The number of nitrogens with zero attached hydrogens (tertiary/aromatic N) is 2. The lowest BCUT2D eigenvalue weighted by Gasteiger charge is -2.18. The van der Waals surface area contributed by atoms with E-state index in [4.69, 9.17) is 4.74 Å². The Bertz CT molecular complexity index is 681. The van der Waals surface area contributed by atoms with Crippen molar-refractivity contribution in [3.63, 3.8) is 0 Å². The molecule has 0 saturated carbocycles. The fraction of sp³-hybridized carbons (Fsp3) is 0.316. The summed E-state index contributed by atoms with van der Waals surface area (Å²) in [7, 11) is 0. The van der Waals surface area contributed by atoms with Gasteiger partial charge in [0.1, 0.15) is 12.4 Å². The largest absolute Gasteiger partial charge is 0.487 e. The fourth-order valence-corrected chi connectivity index (χ4v) is 3.36. The number of hydrogen-bond donors (Lipinski definition) is 0. The van der Waals surface area contributed by atoms with Crippen LogP contribution in [0.5, 0.6) is 5.75 Å². The van der Waals surface area contributed by atoms with Crippen LogP contribution in [0.4, 0.5) is 0 Å². The lowest BCUT2D eigenvalue weighted by molar-refractivity contribution is 0.305. The van der Waals surface area contributed by atoms with Gasteiger partial charge in [-0.15, -0.1) is 0 Å². The molecule has 3 heterocycles. The number of aromatic nitrogens is 1. The molecule has 2 bridgehead atoms. The second-order valence-corrected chi connectivity index (χ2v) is 6.17. The van der Waals surface area contributed by atoms with Crippen molar-refractivity contribution in [1.82, 2.24) is 9.88 Å². The van der Waals surface area contributed by atoms with Gasteiger partial charge in [-0.3, -0.25) is 4.98 Å². The van der Waals surface area contributed by atoms with Crippen LogP contribution in [0, 0.1) is 5.92 Å². The number of rotatable bonds is 4. The summed E-state index contributed by atoms with van der Waals surface area (Å²) in [6.07, 6.45) is 8.54. The van der Waals surface area contributed by atoms with Gasteiger partial charge in [-0.25, -0.2) is 0 Å². The van der Waals surface area contributed by atoms with Crippen LogP contribution in [-0.4, -0.2) is 23.0 Å². The zero-order valence-electron chi connectivity index (χ0n) is 12.6. The number of pyridine rings is 1. The second kappa shape index (κ2) is 5.84. The molecule has 1 aromatic carbocycles. The third kappa shape index (κ3) is 2.84. The van der Waals surface area contributed by atoms with Gasteiger partial charge in [0.2, 0.25) is 0 Å². The molecular weight excluding hydrogens is 272 g/mol. The third-order valence-corrected chi connectivity index (χ3v) is 4.51. The maximum absolute atomic E-state index is 5.85. The number of ether oxygens (including phenoxy) is 1. The molecule has 2 aliphatic rings. The Kier molecular flexibility index (Phi) is 3.55. The van der Waals surface area contributed by atoms with Gasteiger partial charge in [-0.05, 0) is 42.0 Å². The van der Waals surface area contributed by atoms with Gasteiger partial charge in [0.25, 0.3) is 0 Å². The van der Waals surface area contributed by atoms with Crippen molar-refractivity contribution in [1.29, 1.82) is 0 Å². The fourth-order valence-electron chi connectivity index (χ4n) is 3.36. The summed E-state index contributed by atoms with van der Waals surface area (Å²) in [4.78, 5) is 6.82. The number of benzene rings is 1. The van der Waals surface area contributed by atoms with Gasteiger partial charge in [-0.1, -0.05) is 30.3 Å². The van der Waals surface area contributed by atoms with Crippen LogP contribution >= 0.6 is 0 Å². The first-order valence-corrected chi connectivity index (χ1v) is 7.94. The van der Waals surface area contributed by atoms with Crippen LogP contribution < -0.4 is 4.74 Å². The summed E-state index contributed by atoms with van der Waals surface area (Å²) in [5, 5.41) is 0. The first-order valence-electron chi connectivity index (χ1n) is 7.94. The SMILES string of the molecule is C(=C1/CC2CCN1C2)/c1cncc(OCc2ccccc2)c1. The minimum absolute atomic E-state index is 0.580. The number of piperidine rings is 1. The van der Waals surface area contributed by atoms with E-state index >= 15 is 0 Å². The summed E-state index contributed by atoms with van der Waals surface area (Å²) in [6, 6.07) is 12.3. The van der Waals surface area contributed by atoms with E-state index in [2.05, 4.69) is 34.2 Å². The summed E-state index contributed by atoms with van der Waals surface area (Å²) in [5.74, 6) is 1.70. The predicted molar refractivity (Wildman–Crippen MR) is 87.3 cm³/mol. The van der Waals surface area contributed by atoms with Crippen molar-refractivity contribution in [3.8, 4) is 5.75 Å². The van der Waals surface area contributed by atoms with Gasteiger partial charge in [0.05, 0.1) is 6.20 Å². The Labute approximate surface area is 131 Å². The topological polar surface area (TPSA) is 25.4 Å². The standard InChI is InChI=1S/C19H20N2O/c1-2-4-15(5-3-1)14-22-19-10-17(11-20-12-19)9-18-8-16-6-7-21(18)13-16/h1-5,9-12,16H,6-8,13-14H2/b18-9+. The molecule has 0 N–H and O–H groups in total. The molecule has 0 amide bonds. The Morgan fingerprint density at radius 1 is 1.23 bits per heavy atom. The Morgan fingerprint density at radius 2 is 2.14 bits per heavy atom. The number of allylic oxidation sites excluding steroid dienone is 1. The smallest absolute Gasteiger partial charge is 0.138 e. The molecule has 3 nitrogen and oxygen atoms in total. The van der Waals surface area contributed by atoms with E-state index in [1.807, 2.05) is 24.4 Å². The minimum atomic E-state index is 0.580. The molecule has 22 heavy (non-hydrogen) atoms. The Morgan fingerprint density at radius 3 is 2.91 bits per heavy atom. The molecule has 3 heteroatoms. The highest BCUT2D eigenvalue weighted by Crippen LogP contribution is 2.36. The van der Waals surface area contributed by atoms with Gasteiger partial charge < -0.3 is 9.64 Å². The third-order valence-electron chi connectivity index (χ3n) is 4.51. The maximum Gasteiger partial charge on any atom is 0.138 e. The van der Waals surface area contributed by atoms with E-state index < -0.39 is 0 Å². The molecule has 2 fully saturated rings. The average Bonchev–Trinajstić information content (AvgIpc) is 3.17. The van der Waals surface area contributed by atoms with Gasteiger partial charge >= 0.3 is 0 Å². The molecule has 1 aromatic heterocycles. The van der Waals surface area contributed by atoms with Gasteiger partial charge in [0, 0.05) is 25.0 Å². The Hall–Kier alpha value is -2.29. The molecule has 2 saturated heterocycles. The van der Waals surface area contributed by atoms with Crippen molar-refractivity contribution < 1.29 is 4.74 Å². The second-order valence-electron chi connectivity index (χ2n) is 6.17. The zero-order valence-corrected chi connectivity index (χ0v) is 12.6. The maximum atomic E-state index is 5.85. The lowest BCUT2D eigenvalue weighted by atomic mass is 10.0. The van der Waals surface area contributed by atoms with Crippen LogP contribution in [0.2, 0.25) is 0 Å². The van der Waals surface area contributed by atoms with Gasteiger partial charge in [-0.2, -0.15) is 0 Å². The number of hydrogen-bond acceptors (Lipinski definition) is 3. The molecule has 1 atom stereocenters. The van der Waals surface area contributed by atoms with Gasteiger partial charge in [0.15, 0.2) is 0 Å². The minimum Gasteiger partial charge on any atom is -0.487 e. The average molecular weight is 292 g/mol. The van der Waals surface area contributed by atoms with Crippen molar-refractivity contribution in [2.75, 3.05) is 13.1 Å². The van der Waals surface area contributed by atoms with Crippen molar-refractivity contribution >= 4 is 6.08 Å². The van der Waals surface area contributed by atoms with Crippen molar-refractivity contribution in [3.05, 3.63) is 65.6 Å². The molecule has 2 aromatic rings. The highest BCUT2D eigenvalue weighted by atomic mass is 16.5. The summed E-state index contributed by atoms with van der Waals surface area (Å²) in [5.41, 5.74) is 3.76. The summed E-state index contributed by atoms with van der Waals surface area (Å²) >= 11 is 0. The molecule has 0 aliphatic carbocycles. The highest BCUT2D eigenvalue weighted by molar-refractivity contribution is 5.54. The van der Waals surface area contributed by atoms with Crippen LogP contribution in [0.3, 0.4) is 0 Å². The summed E-state index contributed by atoms with van der Waals surface area (Å²) < 4.78 is 5.85. The quantitative estimate of drug-likeness (QED) is 0.858. The van der Waals surface area contributed by atoms with Crippen LogP contribution in [-0.2, 0) is 6.61 Å². The first kappa shape index (κ1) is 13.4. The molecule has 0 radical (unpaired) electrons. The lowest BCUT2D eigenvalue weighted by Crippen LogP contribution is -2.14. The first-order chi connectivity index (χ1) is 10.9. The van der Waals surface area contributed by atoms with Crippen LogP contribution in [0.15, 0.2) is 54.5 Å². The molecule has 112 valence electrons. The molecule has 0 spiro atoms. The van der Waals surface area contributed by atoms with E-state index in [-0.39, 0.29) is 0 Å². The molecule has 4 rings (SSSR count). The van der Waals surface area contributed by atoms with E-state index in [0.717, 1.165) is 17.2 Å². The van der Waals surface area contributed by atoms with E-state index in [9.17, 15) is 0 Å². The normalized spacial score (nSPS) is 21.5. The van der Waals surface area contributed by atoms with Crippen LogP contribution in [0.1, 0.15) is 24.0 Å². The van der Waals surface area contributed by atoms with E-state index in [0.29, 0.717) is 6.61 Å². The molecular formula is C19H20N2O. The van der Waals surface area contributed by atoms with E-state index in [1.165, 1.54) is 37.2 Å². The Balaban J connectivity index is 1.45. The van der Waals surface area contributed by atoms with Crippen molar-refractivity contribution in [2.24, 2.45) is 5.92 Å².